The molecule has 0 spiro atoms. The van der Waals surface area contributed by atoms with Crippen LogP contribution in [0.2, 0.25) is 0 Å². The number of hydrogen-bond donors (Lipinski definition) is 2. The van der Waals surface area contributed by atoms with Gasteiger partial charge < -0.3 is 15.5 Å². The average Bonchev–Trinajstić information content (AvgIpc) is 2.45. The maximum Gasteiger partial charge on any atom is 0.191 e. The molecule has 0 saturated carbocycles. The van der Waals surface area contributed by atoms with Crippen molar-refractivity contribution < 1.29 is 4.21 Å². The topological polar surface area (TPSA) is 56.7 Å². The molecule has 2 N–H and O–H groups in total. The summed E-state index contributed by atoms with van der Waals surface area (Å²) >= 11 is 0. The largest absolute Gasteiger partial charge is 0.355 e. The van der Waals surface area contributed by atoms with E-state index in [1.54, 1.807) is 7.05 Å². The molecule has 0 bridgehead atoms. The minimum atomic E-state index is -0.824. The lowest BCUT2D eigenvalue weighted by Crippen LogP contribution is -2.50. The predicted octanol–water partition coefficient (Wildman–Crippen LogP) is 2.19. The molecule has 1 fully saturated rings. The quantitative estimate of drug-likeness (QED) is 0.377. The summed E-state index contributed by atoms with van der Waals surface area (Å²) in [6.45, 7) is 13.5. The van der Waals surface area contributed by atoms with Crippen molar-refractivity contribution in [3.63, 3.8) is 0 Å². The Morgan fingerprint density at radius 2 is 1.87 bits per heavy atom. The molecule has 0 aromatic heterocycles. The summed E-state index contributed by atoms with van der Waals surface area (Å²) in [6, 6.07) is 1.11. The summed E-state index contributed by atoms with van der Waals surface area (Å²) in [4.78, 5) is 6.79. The lowest BCUT2D eigenvalue weighted by atomic mass is 10.0. The fourth-order valence-corrected chi connectivity index (χ4v) is 3.42. The molecule has 1 unspecified atom stereocenters. The molecule has 7 heteroatoms. The third-order valence-corrected chi connectivity index (χ3v) is 6.03. The molecule has 0 aromatic rings. The first-order chi connectivity index (χ1) is 10.2. The molecule has 5 nitrogen and oxygen atoms in total. The zero-order chi connectivity index (χ0) is 16.8. The van der Waals surface area contributed by atoms with E-state index in [1.807, 2.05) is 20.8 Å². The Kier molecular flexibility index (Phi) is 10.9. The second-order valence-electron chi connectivity index (χ2n) is 7.21. The Morgan fingerprint density at radius 3 is 2.30 bits per heavy atom. The van der Waals surface area contributed by atoms with Crippen LogP contribution in [-0.2, 0) is 10.8 Å². The van der Waals surface area contributed by atoms with Crippen molar-refractivity contribution in [3.8, 4) is 0 Å². The molecule has 1 saturated heterocycles. The Hall–Kier alpha value is 0.110. The lowest BCUT2D eigenvalue weighted by Gasteiger charge is -2.35. The van der Waals surface area contributed by atoms with Crippen LogP contribution in [0, 0.1) is 0 Å². The lowest BCUT2D eigenvalue weighted by molar-refractivity contribution is 0.167. The standard InChI is InChI=1S/C16H34N4OS.HI/c1-13(2)20-10-7-14(8-11-20)19-15(17-6)18-9-12-22(21)16(3,4)5;/h13-14H,7-12H2,1-6H3,(H2,17,18,19);1H. The van der Waals surface area contributed by atoms with E-state index in [4.69, 9.17) is 0 Å². The number of hydrogen-bond acceptors (Lipinski definition) is 3. The number of nitrogens with zero attached hydrogens (tertiary/aromatic N) is 2. The maximum absolute atomic E-state index is 12.0. The van der Waals surface area contributed by atoms with Crippen molar-refractivity contribution in [1.82, 2.24) is 15.5 Å². The fourth-order valence-electron chi connectivity index (χ4n) is 2.52. The van der Waals surface area contributed by atoms with Crippen molar-refractivity contribution in [2.45, 2.75) is 64.3 Å². The van der Waals surface area contributed by atoms with Gasteiger partial charge >= 0.3 is 0 Å². The molecule has 1 aliphatic rings. The molecule has 1 rings (SSSR count). The number of nitrogens with one attached hydrogen (secondary N) is 2. The Bertz CT molecular complexity index is 388. The van der Waals surface area contributed by atoms with Gasteiger partial charge in [0.1, 0.15) is 0 Å². The van der Waals surface area contributed by atoms with E-state index in [9.17, 15) is 4.21 Å². The van der Waals surface area contributed by atoms with E-state index in [1.165, 1.54) is 0 Å². The minimum Gasteiger partial charge on any atom is -0.355 e. The fraction of sp³-hybridized carbons (Fsp3) is 0.938. The second-order valence-corrected chi connectivity index (χ2v) is 9.53. The minimum absolute atomic E-state index is 0. The van der Waals surface area contributed by atoms with Crippen LogP contribution in [0.15, 0.2) is 4.99 Å². The number of guanidine groups is 1. The van der Waals surface area contributed by atoms with Crippen LogP contribution < -0.4 is 10.6 Å². The maximum atomic E-state index is 12.0. The predicted molar refractivity (Wildman–Crippen MR) is 112 cm³/mol. The van der Waals surface area contributed by atoms with Crippen molar-refractivity contribution >= 4 is 40.7 Å². The molecule has 1 atom stereocenters. The molecule has 1 heterocycles. The van der Waals surface area contributed by atoms with Gasteiger partial charge in [0.15, 0.2) is 5.96 Å². The van der Waals surface area contributed by atoms with Crippen molar-refractivity contribution in [3.05, 3.63) is 0 Å². The average molecular weight is 458 g/mol. The van der Waals surface area contributed by atoms with Crippen LogP contribution >= 0.6 is 24.0 Å². The second kappa shape index (κ2) is 10.9. The van der Waals surface area contributed by atoms with Crippen molar-refractivity contribution in [2.24, 2.45) is 4.99 Å². The van der Waals surface area contributed by atoms with Crippen LogP contribution in [0.1, 0.15) is 47.5 Å². The summed E-state index contributed by atoms with van der Waals surface area (Å²) in [5.74, 6) is 1.48. The number of aliphatic imine (C=N–C) groups is 1. The molecular formula is C16H35IN4OS. The Balaban J connectivity index is 0.00000484. The van der Waals surface area contributed by atoms with E-state index in [2.05, 4.69) is 34.4 Å². The summed E-state index contributed by atoms with van der Waals surface area (Å²) in [7, 11) is 0.967. The summed E-state index contributed by atoms with van der Waals surface area (Å²) in [5, 5.41) is 6.78. The highest BCUT2D eigenvalue weighted by molar-refractivity contribution is 14.0. The van der Waals surface area contributed by atoms with Gasteiger partial charge in [0.25, 0.3) is 0 Å². The van der Waals surface area contributed by atoms with E-state index in [-0.39, 0.29) is 28.7 Å². The van der Waals surface area contributed by atoms with Gasteiger partial charge in [-0.15, -0.1) is 24.0 Å². The van der Waals surface area contributed by atoms with Crippen molar-refractivity contribution in [1.29, 1.82) is 0 Å². The smallest absolute Gasteiger partial charge is 0.191 e. The molecule has 138 valence electrons. The first-order valence-electron chi connectivity index (χ1n) is 8.33. The number of likely N-dealkylation sites (tertiary alicyclic amines) is 1. The van der Waals surface area contributed by atoms with Crippen LogP contribution in [0.5, 0.6) is 0 Å². The van der Waals surface area contributed by atoms with Crippen LogP contribution in [0.4, 0.5) is 0 Å². The van der Waals surface area contributed by atoms with Crippen LogP contribution in [-0.4, -0.2) is 64.3 Å². The van der Waals surface area contributed by atoms with Gasteiger partial charge in [-0.1, -0.05) is 0 Å². The molecule has 23 heavy (non-hydrogen) atoms. The number of halogens is 1. The van der Waals surface area contributed by atoms with Gasteiger partial charge in [-0.05, 0) is 47.5 Å². The summed E-state index contributed by atoms with van der Waals surface area (Å²) < 4.78 is 11.9. The van der Waals surface area contributed by atoms with Gasteiger partial charge in [0, 0.05) is 60.1 Å². The van der Waals surface area contributed by atoms with Crippen LogP contribution in [0.3, 0.4) is 0 Å². The summed E-state index contributed by atoms with van der Waals surface area (Å²) in [6.07, 6.45) is 2.29. The SMILES string of the molecule is CN=C(NCCS(=O)C(C)(C)C)NC1CCN(C(C)C)CC1.I. The monoisotopic (exact) mass is 458 g/mol. The molecule has 0 aliphatic carbocycles. The molecule has 1 aliphatic heterocycles. The normalized spacial score (nSPS) is 19.3. The highest BCUT2D eigenvalue weighted by atomic mass is 127. The van der Waals surface area contributed by atoms with E-state index in [0.717, 1.165) is 31.9 Å². The van der Waals surface area contributed by atoms with Crippen molar-refractivity contribution in [2.75, 3.05) is 32.4 Å². The molecule has 0 aromatic carbocycles. The zero-order valence-electron chi connectivity index (χ0n) is 15.5. The van der Waals surface area contributed by atoms with Gasteiger partial charge in [0.05, 0.1) is 0 Å². The highest BCUT2D eigenvalue weighted by Crippen LogP contribution is 2.13. The van der Waals surface area contributed by atoms with Gasteiger partial charge in [-0.3, -0.25) is 9.20 Å². The Morgan fingerprint density at radius 1 is 1.30 bits per heavy atom. The third-order valence-electron chi connectivity index (χ3n) is 4.09. The van der Waals surface area contributed by atoms with E-state index in [0.29, 0.717) is 24.4 Å². The van der Waals surface area contributed by atoms with Crippen LogP contribution in [0.25, 0.3) is 0 Å². The molecule has 0 amide bonds. The molecular weight excluding hydrogens is 423 g/mol. The number of piperidine rings is 1. The third kappa shape index (κ3) is 8.67. The van der Waals surface area contributed by atoms with E-state index >= 15 is 0 Å². The first kappa shape index (κ1) is 23.1. The zero-order valence-corrected chi connectivity index (χ0v) is 18.7. The van der Waals surface area contributed by atoms with Gasteiger partial charge in [0.2, 0.25) is 0 Å². The van der Waals surface area contributed by atoms with E-state index < -0.39 is 10.8 Å². The first-order valence-corrected chi connectivity index (χ1v) is 9.65. The number of rotatable bonds is 5. The van der Waals surface area contributed by atoms with Gasteiger partial charge in [-0.25, -0.2) is 0 Å². The highest BCUT2D eigenvalue weighted by Gasteiger charge is 2.22. The Labute approximate surface area is 161 Å². The summed E-state index contributed by atoms with van der Waals surface area (Å²) in [5.41, 5.74) is 0. The molecule has 0 radical (unpaired) electrons. The van der Waals surface area contributed by atoms with Gasteiger partial charge in [-0.2, -0.15) is 0 Å².